The van der Waals surface area contributed by atoms with Crippen LogP contribution in [0.1, 0.15) is 22.3 Å². The molecule has 2 nitrogen and oxygen atoms in total. The van der Waals surface area contributed by atoms with Crippen molar-refractivity contribution in [3.63, 3.8) is 0 Å². The highest BCUT2D eigenvalue weighted by Crippen LogP contribution is 2.36. The zero-order chi connectivity index (χ0) is 27.2. The van der Waals surface area contributed by atoms with Gasteiger partial charge in [0.15, 0.2) is 0 Å². The van der Waals surface area contributed by atoms with Gasteiger partial charge in [0.25, 0.3) is 0 Å². The summed E-state index contributed by atoms with van der Waals surface area (Å²) in [6.07, 6.45) is 0. The minimum Gasteiger partial charge on any atom is -0.151 e. The van der Waals surface area contributed by atoms with E-state index in [2.05, 4.69) is 132 Å². The van der Waals surface area contributed by atoms with Crippen LogP contribution in [0.5, 0.6) is 0 Å². The smallest absolute Gasteiger partial charge is 0.0857 e. The van der Waals surface area contributed by atoms with E-state index in [1.807, 2.05) is 60.7 Å². The van der Waals surface area contributed by atoms with Gasteiger partial charge in [-0.15, -0.1) is 0 Å². The molecule has 6 rings (SSSR count). The second kappa shape index (κ2) is 14.0. The van der Waals surface area contributed by atoms with E-state index in [0.717, 1.165) is 11.4 Å². The van der Waals surface area contributed by atoms with Crippen LogP contribution >= 0.6 is 0 Å². The summed E-state index contributed by atoms with van der Waals surface area (Å²) >= 11 is 0. The van der Waals surface area contributed by atoms with Crippen LogP contribution in [0.25, 0.3) is 11.1 Å². The molecule has 192 valence electrons. The fourth-order valence-corrected chi connectivity index (χ4v) is 4.43. The lowest BCUT2D eigenvalue weighted by atomic mass is 9.86. The number of hydrogen-bond acceptors (Lipinski definition) is 2. The second-order valence-electron chi connectivity index (χ2n) is 9.09. The molecular formula is C38H30N2. The Bertz CT molecular complexity index is 1420. The summed E-state index contributed by atoms with van der Waals surface area (Å²) in [5.41, 5.74) is 9.14. The Morgan fingerprint density at radius 1 is 0.250 bits per heavy atom. The maximum Gasteiger partial charge on any atom is 0.0857 e. The average molecular weight is 515 g/mol. The lowest BCUT2D eigenvalue weighted by Gasteiger charge is -2.18. The Balaban J connectivity index is 0.000000194. The lowest BCUT2D eigenvalue weighted by Crippen LogP contribution is -1.97. The molecule has 0 fully saturated rings. The van der Waals surface area contributed by atoms with Crippen molar-refractivity contribution in [1.82, 2.24) is 0 Å². The summed E-state index contributed by atoms with van der Waals surface area (Å²) in [6, 6.07) is 62.0. The molecule has 0 unspecified atom stereocenters. The van der Waals surface area contributed by atoms with E-state index >= 15 is 0 Å². The fourth-order valence-electron chi connectivity index (χ4n) is 4.43. The van der Waals surface area contributed by atoms with Gasteiger partial charge >= 0.3 is 0 Å². The molecule has 0 saturated carbocycles. The third-order valence-electron chi connectivity index (χ3n) is 6.29. The predicted octanol–water partition coefficient (Wildman–Crippen LogP) is 10.8. The topological polar surface area (TPSA) is 24.7 Å². The first-order chi connectivity index (χ1) is 19.9. The molecule has 6 aromatic rings. The van der Waals surface area contributed by atoms with Crippen LogP contribution in [0.3, 0.4) is 0 Å². The third-order valence-corrected chi connectivity index (χ3v) is 6.29. The molecule has 0 radical (unpaired) electrons. The van der Waals surface area contributed by atoms with Gasteiger partial charge in [-0.3, -0.25) is 0 Å². The summed E-state index contributed by atoms with van der Waals surface area (Å²) < 4.78 is 0. The molecule has 0 saturated heterocycles. The Labute approximate surface area is 236 Å². The van der Waals surface area contributed by atoms with Gasteiger partial charge in [0.1, 0.15) is 0 Å². The maximum atomic E-state index is 4.10. The molecular weight excluding hydrogens is 484 g/mol. The molecule has 0 heterocycles. The average Bonchev–Trinajstić information content (AvgIpc) is 3.05. The van der Waals surface area contributed by atoms with Gasteiger partial charge < -0.3 is 0 Å². The largest absolute Gasteiger partial charge is 0.151 e. The van der Waals surface area contributed by atoms with Crippen LogP contribution in [0, 0.1) is 0 Å². The van der Waals surface area contributed by atoms with Gasteiger partial charge in [-0.1, -0.05) is 158 Å². The minimum absolute atomic E-state index is 0.872. The van der Waals surface area contributed by atoms with Crippen LogP contribution in [-0.4, -0.2) is 0 Å². The van der Waals surface area contributed by atoms with Gasteiger partial charge in [-0.2, -0.15) is 10.2 Å². The van der Waals surface area contributed by atoms with Crippen molar-refractivity contribution in [2.45, 2.75) is 0 Å². The van der Waals surface area contributed by atoms with Crippen LogP contribution in [0.4, 0.5) is 11.4 Å². The van der Waals surface area contributed by atoms with Gasteiger partial charge in [0.05, 0.1) is 11.4 Å². The Morgan fingerprint density at radius 3 is 0.675 bits per heavy atom. The van der Waals surface area contributed by atoms with E-state index in [1.54, 1.807) is 0 Å². The fraction of sp³-hybridized carbons (Fsp3) is 0. The van der Waals surface area contributed by atoms with Crippen molar-refractivity contribution in [2.24, 2.45) is 10.2 Å². The number of nitrogens with zero attached hydrogens (tertiary/aromatic N) is 2. The lowest BCUT2D eigenvalue weighted by molar-refractivity contribution is 1.23. The number of rotatable bonds is 6. The first kappa shape index (κ1) is 26.3. The molecule has 0 aliphatic heterocycles. The Morgan fingerprint density at radius 2 is 0.450 bits per heavy atom. The number of hydrogen-bond donors (Lipinski definition) is 0. The van der Waals surface area contributed by atoms with Crippen LogP contribution in [0.2, 0.25) is 0 Å². The number of benzene rings is 6. The second-order valence-corrected chi connectivity index (χ2v) is 9.09. The van der Waals surface area contributed by atoms with Crippen LogP contribution < -0.4 is 0 Å². The molecule has 0 aromatic heterocycles. The highest BCUT2D eigenvalue weighted by molar-refractivity contribution is 6.04. The quantitative estimate of drug-likeness (QED) is 0.156. The molecule has 0 aliphatic rings. The first-order valence-corrected chi connectivity index (χ1v) is 13.4. The van der Waals surface area contributed by atoms with E-state index in [-0.39, 0.29) is 0 Å². The van der Waals surface area contributed by atoms with Crippen molar-refractivity contribution in [2.75, 3.05) is 0 Å². The highest BCUT2D eigenvalue weighted by atomic mass is 15.1. The van der Waals surface area contributed by atoms with Gasteiger partial charge in [0, 0.05) is 0 Å². The summed E-state index contributed by atoms with van der Waals surface area (Å²) in [7, 11) is 0. The maximum absolute atomic E-state index is 4.10. The van der Waals surface area contributed by atoms with Gasteiger partial charge in [-0.25, -0.2) is 0 Å². The predicted molar refractivity (Wildman–Crippen MR) is 168 cm³/mol. The zero-order valence-corrected chi connectivity index (χ0v) is 22.2. The molecule has 40 heavy (non-hydrogen) atoms. The molecule has 0 bridgehead atoms. The van der Waals surface area contributed by atoms with E-state index in [1.165, 1.54) is 33.4 Å². The van der Waals surface area contributed by atoms with Crippen molar-refractivity contribution in [1.29, 1.82) is 0 Å². The normalized spacial score (nSPS) is 10.4. The summed E-state index contributed by atoms with van der Waals surface area (Å²) in [5, 5.41) is 8.20. The van der Waals surface area contributed by atoms with E-state index in [0.29, 0.717) is 0 Å². The summed E-state index contributed by atoms with van der Waals surface area (Å²) in [6.45, 7) is 0. The molecule has 0 N–H and O–H groups in total. The number of azo groups is 1. The van der Waals surface area contributed by atoms with Gasteiger partial charge in [-0.05, 0) is 57.7 Å². The molecule has 0 atom stereocenters. The van der Waals surface area contributed by atoms with E-state index < -0.39 is 0 Å². The standard InChI is InChI=1S/C26H20.C12H10N2/c1-5-13-21(14-6-1)25(22-15-7-2-8-16-22)26(23-17-9-3-10-18-23)24-19-11-4-12-20-24;1-3-7-11(8-4-1)13-14-12-9-5-2-6-10-12/h1-20H;1-10H. The van der Waals surface area contributed by atoms with Crippen LogP contribution in [0.15, 0.2) is 192 Å². The van der Waals surface area contributed by atoms with Crippen LogP contribution in [-0.2, 0) is 0 Å². The Kier molecular flexibility index (Phi) is 9.19. The monoisotopic (exact) mass is 514 g/mol. The Hall–Kier alpha value is -5.34. The molecule has 2 heteroatoms. The zero-order valence-electron chi connectivity index (χ0n) is 22.2. The molecule has 0 amide bonds. The third kappa shape index (κ3) is 7.15. The van der Waals surface area contributed by atoms with E-state index in [4.69, 9.17) is 0 Å². The summed E-state index contributed by atoms with van der Waals surface area (Å²) in [5.74, 6) is 0. The summed E-state index contributed by atoms with van der Waals surface area (Å²) in [4.78, 5) is 0. The molecule has 0 aliphatic carbocycles. The molecule has 6 aromatic carbocycles. The SMILES string of the molecule is c1ccc(C(=C(c2ccccc2)c2ccccc2)c2ccccc2)cc1.c1ccc(N=Nc2ccccc2)cc1. The molecule has 0 spiro atoms. The van der Waals surface area contributed by atoms with Crippen molar-refractivity contribution < 1.29 is 0 Å². The highest BCUT2D eigenvalue weighted by Gasteiger charge is 2.15. The minimum atomic E-state index is 0.872. The van der Waals surface area contributed by atoms with Crippen molar-refractivity contribution in [3.8, 4) is 0 Å². The first-order valence-electron chi connectivity index (χ1n) is 13.4. The van der Waals surface area contributed by atoms with Gasteiger partial charge in [0.2, 0.25) is 0 Å². The van der Waals surface area contributed by atoms with E-state index in [9.17, 15) is 0 Å². The van der Waals surface area contributed by atoms with Crippen molar-refractivity contribution >= 4 is 22.5 Å². The van der Waals surface area contributed by atoms with Crippen molar-refractivity contribution in [3.05, 3.63) is 204 Å².